The molecule has 0 spiro atoms. The first-order chi connectivity index (χ1) is 5.29. The van der Waals surface area contributed by atoms with E-state index in [0.717, 1.165) is 0 Å². The van der Waals surface area contributed by atoms with Crippen molar-refractivity contribution in [3.63, 3.8) is 0 Å². The molecule has 11 heavy (non-hydrogen) atoms. The summed E-state index contributed by atoms with van der Waals surface area (Å²) in [6.45, 7) is 0.170. The maximum atomic E-state index is 12.9. The minimum Gasteiger partial charge on any atom is -0.423 e. The van der Waals surface area contributed by atoms with Gasteiger partial charge in [-0.3, -0.25) is 0 Å². The molecule has 56 valence electrons. The highest BCUT2D eigenvalue weighted by atomic mass is 19.1. The predicted octanol–water partition coefficient (Wildman–Crippen LogP) is 0.0434. The summed E-state index contributed by atoms with van der Waals surface area (Å²) in [6, 6.07) is 4.59. The molecule has 2 nitrogen and oxygen atoms in total. The van der Waals surface area contributed by atoms with Crippen molar-refractivity contribution in [2.45, 2.75) is 6.61 Å². The van der Waals surface area contributed by atoms with Crippen LogP contribution in [-0.2, 0) is 11.3 Å². The summed E-state index contributed by atoms with van der Waals surface area (Å²) in [5, 5.41) is 9.12. The van der Waals surface area contributed by atoms with Gasteiger partial charge in [-0.15, -0.1) is 0 Å². The van der Waals surface area contributed by atoms with Gasteiger partial charge in [0.25, 0.3) is 0 Å². The van der Waals surface area contributed by atoms with Crippen molar-refractivity contribution < 1.29 is 14.1 Å². The molecule has 0 amide bonds. The Labute approximate surface area is 63.8 Å². The molecule has 0 radical (unpaired) electrons. The minimum absolute atomic E-state index is 0.170. The van der Waals surface area contributed by atoms with Crippen LogP contribution in [0.4, 0.5) is 4.39 Å². The van der Waals surface area contributed by atoms with Crippen molar-refractivity contribution in [1.29, 1.82) is 0 Å². The first-order valence-electron chi connectivity index (χ1n) is 3.36. The first kappa shape index (κ1) is 6.82. The van der Waals surface area contributed by atoms with Gasteiger partial charge in [-0.1, -0.05) is 12.1 Å². The van der Waals surface area contributed by atoms with Gasteiger partial charge in [0.15, 0.2) is 0 Å². The number of benzene rings is 1. The Kier molecular flexibility index (Phi) is 1.44. The third-order valence-electron chi connectivity index (χ3n) is 1.81. The standard InChI is InChI=1S/C7H6BFO2/c9-7-3-1-2-6-5(7)4-11-8(6)10/h1-3,10H,4H2. The topological polar surface area (TPSA) is 29.5 Å². The third kappa shape index (κ3) is 0.949. The molecule has 1 aromatic carbocycles. The van der Waals surface area contributed by atoms with Gasteiger partial charge in [-0.05, 0) is 11.5 Å². The molecule has 0 unspecified atom stereocenters. The Balaban J connectivity index is 2.57. The third-order valence-corrected chi connectivity index (χ3v) is 1.81. The Morgan fingerprint density at radius 2 is 2.36 bits per heavy atom. The fourth-order valence-electron chi connectivity index (χ4n) is 1.21. The van der Waals surface area contributed by atoms with Gasteiger partial charge >= 0.3 is 7.12 Å². The summed E-state index contributed by atoms with van der Waals surface area (Å²) in [4.78, 5) is 0. The van der Waals surface area contributed by atoms with Gasteiger partial charge in [-0.25, -0.2) is 4.39 Å². The molecule has 0 saturated heterocycles. The summed E-state index contributed by atoms with van der Waals surface area (Å²) in [6.07, 6.45) is 0. The fourth-order valence-corrected chi connectivity index (χ4v) is 1.21. The van der Waals surface area contributed by atoms with E-state index < -0.39 is 7.12 Å². The summed E-state index contributed by atoms with van der Waals surface area (Å²) >= 11 is 0. The summed E-state index contributed by atoms with van der Waals surface area (Å²) in [7, 11) is -0.944. The quantitative estimate of drug-likeness (QED) is 0.532. The normalized spacial score (nSPS) is 15.3. The Morgan fingerprint density at radius 1 is 1.55 bits per heavy atom. The summed E-state index contributed by atoms with van der Waals surface area (Å²) in [5.41, 5.74) is 1.02. The second-order valence-electron chi connectivity index (χ2n) is 2.47. The van der Waals surface area contributed by atoms with Crippen LogP contribution in [0.2, 0.25) is 0 Å². The molecule has 0 atom stereocenters. The Morgan fingerprint density at radius 3 is 3.09 bits per heavy atom. The van der Waals surface area contributed by atoms with Gasteiger partial charge in [-0.2, -0.15) is 0 Å². The van der Waals surface area contributed by atoms with Crippen molar-refractivity contribution in [1.82, 2.24) is 0 Å². The molecule has 0 fully saturated rings. The smallest absolute Gasteiger partial charge is 0.423 e. The maximum absolute atomic E-state index is 12.9. The molecule has 1 N–H and O–H groups in total. The number of rotatable bonds is 0. The van der Waals surface area contributed by atoms with E-state index in [9.17, 15) is 4.39 Å². The van der Waals surface area contributed by atoms with Gasteiger partial charge in [0.05, 0.1) is 6.61 Å². The van der Waals surface area contributed by atoms with Gasteiger partial charge in [0.1, 0.15) is 5.82 Å². The van der Waals surface area contributed by atoms with Crippen LogP contribution in [0.15, 0.2) is 18.2 Å². The number of fused-ring (bicyclic) bond motifs is 1. The lowest BCUT2D eigenvalue weighted by atomic mass is 9.79. The van der Waals surface area contributed by atoms with E-state index in [4.69, 9.17) is 9.68 Å². The molecule has 1 aliphatic heterocycles. The second-order valence-corrected chi connectivity index (χ2v) is 2.47. The van der Waals surface area contributed by atoms with Crippen LogP contribution in [0.5, 0.6) is 0 Å². The minimum atomic E-state index is -0.944. The molecule has 1 heterocycles. The average molecular weight is 152 g/mol. The SMILES string of the molecule is OB1OCc2c(F)cccc21. The van der Waals surface area contributed by atoms with Crippen molar-refractivity contribution in [2.75, 3.05) is 0 Å². The Bertz CT molecular complexity index is 290. The average Bonchev–Trinajstić information content (AvgIpc) is 2.35. The zero-order valence-corrected chi connectivity index (χ0v) is 5.75. The van der Waals surface area contributed by atoms with E-state index >= 15 is 0 Å². The zero-order chi connectivity index (χ0) is 7.84. The van der Waals surface area contributed by atoms with Crippen molar-refractivity contribution in [3.05, 3.63) is 29.6 Å². The summed E-state index contributed by atoms with van der Waals surface area (Å²) < 4.78 is 17.7. The van der Waals surface area contributed by atoms with E-state index in [1.807, 2.05) is 0 Å². The molecule has 1 aliphatic rings. The van der Waals surface area contributed by atoms with E-state index in [1.165, 1.54) is 6.07 Å². The van der Waals surface area contributed by atoms with E-state index in [0.29, 0.717) is 11.0 Å². The highest BCUT2D eigenvalue weighted by Crippen LogP contribution is 2.12. The predicted molar refractivity (Wildman–Crippen MR) is 38.8 cm³/mol. The van der Waals surface area contributed by atoms with Crippen LogP contribution in [0.25, 0.3) is 0 Å². The van der Waals surface area contributed by atoms with Gasteiger partial charge < -0.3 is 9.68 Å². The lowest BCUT2D eigenvalue weighted by molar-refractivity contribution is 0.272. The molecule has 0 bridgehead atoms. The van der Waals surface area contributed by atoms with Crippen LogP contribution in [-0.4, -0.2) is 12.1 Å². The van der Waals surface area contributed by atoms with Crippen molar-refractivity contribution in [2.24, 2.45) is 0 Å². The van der Waals surface area contributed by atoms with Crippen LogP contribution in [0.3, 0.4) is 0 Å². The largest absolute Gasteiger partial charge is 0.491 e. The van der Waals surface area contributed by atoms with E-state index in [-0.39, 0.29) is 12.4 Å². The lowest BCUT2D eigenvalue weighted by Gasteiger charge is -1.96. The lowest BCUT2D eigenvalue weighted by Crippen LogP contribution is -2.28. The maximum Gasteiger partial charge on any atom is 0.491 e. The molecule has 0 aliphatic carbocycles. The number of halogens is 1. The fraction of sp³-hybridized carbons (Fsp3) is 0.143. The van der Waals surface area contributed by atoms with E-state index in [1.54, 1.807) is 12.1 Å². The summed E-state index contributed by atoms with van der Waals surface area (Å²) in [5.74, 6) is -0.306. The number of hydrogen-bond acceptors (Lipinski definition) is 2. The first-order valence-corrected chi connectivity index (χ1v) is 3.36. The molecular formula is C7H6BFO2. The van der Waals surface area contributed by atoms with E-state index in [2.05, 4.69) is 0 Å². The van der Waals surface area contributed by atoms with Crippen LogP contribution >= 0.6 is 0 Å². The molecule has 1 aromatic rings. The zero-order valence-electron chi connectivity index (χ0n) is 5.75. The van der Waals surface area contributed by atoms with Gasteiger partial charge in [0, 0.05) is 5.56 Å². The Hall–Kier alpha value is -0.865. The second kappa shape index (κ2) is 2.32. The monoisotopic (exact) mass is 152 g/mol. The highest BCUT2D eigenvalue weighted by Gasteiger charge is 2.28. The van der Waals surface area contributed by atoms with Crippen molar-refractivity contribution >= 4 is 12.6 Å². The number of hydrogen-bond donors (Lipinski definition) is 1. The highest BCUT2D eigenvalue weighted by molar-refractivity contribution is 6.61. The van der Waals surface area contributed by atoms with Crippen LogP contribution < -0.4 is 5.46 Å². The molecular weight excluding hydrogens is 146 g/mol. The van der Waals surface area contributed by atoms with Crippen LogP contribution in [0.1, 0.15) is 5.56 Å². The van der Waals surface area contributed by atoms with Crippen LogP contribution in [0, 0.1) is 5.82 Å². The molecule has 2 rings (SSSR count). The molecule has 0 saturated carbocycles. The van der Waals surface area contributed by atoms with Crippen molar-refractivity contribution in [3.8, 4) is 0 Å². The molecule has 4 heteroatoms. The van der Waals surface area contributed by atoms with Gasteiger partial charge in [0.2, 0.25) is 0 Å². The molecule has 0 aromatic heterocycles.